The second-order valence-corrected chi connectivity index (χ2v) is 28.1. The second-order valence-electron chi connectivity index (χ2n) is 28.1. The van der Waals surface area contributed by atoms with Crippen molar-refractivity contribution < 1.29 is 111 Å². The minimum atomic E-state index is -0.694. The fraction of sp³-hybridized carbons (Fsp3) is 0.359. The maximum atomic E-state index is 13.7. The number of esters is 3. The number of aliphatic hydroxyl groups excluding tert-OH is 1. The first-order valence-electron chi connectivity index (χ1n) is 35.6. The molecule has 3 aromatic heterocycles. The monoisotopic (exact) mass is 1560 g/mol. The van der Waals surface area contributed by atoms with Gasteiger partial charge in [0, 0.05) is 73.9 Å². The third kappa shape index (κ3) is 30.4. The van der Waals surface area contributed by atoms with Gasteiger partial charge in [0.05, 0.1) is 59.5 Å². The van der Waals surface area contributed by atoms with Crippen molar-refractivity contribution in [3.63, 3.8) is 0 Å². The first-order chi connectivity index (χ1) is 51.0. The van der Waals surface area contributed by atoms with E-state index < -0.39 is 70.9 Å². The molecule has 3 saturated carbocycles. The number of rotatable bonds is 24. The van der Waals surface area contributed by atoms with Crippen LogP contribution in [0.25, 0.3) is 78.2 Å². The first-order valence-corrected chi connectivity index (χ1v) is 35.6. The Morgan fingerprint density at radius 1 is 0.434 bits per heavy atom. The fourth-order valence-corrected chi connectivity index (χ4v) is 11.8. The van der Waals surface area contributed by atoms with Crippen LogP contribution in [-0.2, 0) is 57.4 Å². The van der Waals surface area contributed by atoms with Gasteiger partial charge in [0.1, 0.15) is 53.7 Å². The van der Waals surface area contributed by atoms with Gasteiger partial charge in [-0.25, -0.2) is 13.2 Å². The summed E-state index contributed by atoms with van der Waals surface area (Å²) in [4.78, 5) is 132. The number of carbonyl (C=O) groups is 10. The molecule has 3 heterocycles. The molecule has 21 heteroatoms. The van der Waals surface area contributed by atoms with Gasteiger partial charge in [-0.15, -0.1) is 0 Å². The quantitative estimate of drug-likeness (QED) is 0.0147. The van der Waals surface area contributed by atoms with Gasteiger partial charge in [-0.1, -0.05) is 128 Å². The molecule has 17 nitrogen and oxygen atoms in total. The number of nitrogens with zero attached hydrogens (tertiary/aromatic N) is 3. The number of ketones is 6. The number of aliphatic hydroxyl groups is 1. The molecule has 6 aromatic carbocycles. The van der Waals surface area contributed by atoms with Crippen molar-refractivity contribution in [3.8, 4) is 33.4 Å². The number of benzene rings is 6. The van der Waals surface area contributed by atoms with Crippen LogP contribution < -0.4 is 29.6 Å². The average Bonchev–Trinajstić information content (AvgIpc) is 1.31. The topological polar surface area (TPSA) is 257 Å². The van der Waals surface area contributed by atoms with Crippen LogP contribution in [-0.4, -0.2) is 103 Å². The van der Waals surface area contributed by atoms with Crippen LogP contribution in [0.1, 0.15) is 234 Å². The van der Waals surface area contributed by atoms with E-state index in [4.69, 9.17) is 34.3 Å². The summed E-state index contributed by atoms with van der Waals surface area (Å²) in [5.74, 6) is -4.24. The van der Waals surface area contributed by atoms with Gasteiger partial charge in [0.15, 0.2) is 35.2 Å². The predicted octanol–water partition coefficient (Wildman–Crippen LogP) is 17.9. The molecule has 0 aliphatic heterocycles. The van der Waals surface area contributed by atoms with Crippen molar-refractivity contribution in [1.29, 1.82) is 0 Å². The normalized spacial score (nSPS) is 12.5. The van der Waals surface area contributed by atoms with E-state index in [0.29, 0.717) is 23.3 Å². The van der Waals surface area contributed by atoms with E-state index in [1.54, 1.807) is 104 Å². The Morgan fingerprint density at radius 2 is 0.708 bits per heavy atom. The van der Waals surface area contributed by atoms with E-state index in [2.05, 4.69) is 0 Å². The number of ether oxygens (including phenoxy) is 3. The molecule has 3 fully saturated rings. The van der Waals surface area contributed by atoms with Gasteiger partial charge in [0.25, 0.3) is 0 Å². The maximum Gasteiger partial charge on any atom is 1.00 e. The van der Waals surface area contributed by atoms with E-state index in [1.807, 2.05) is 72.8 Å². The molecule has 3 aliphatic rings. The molecule has 3 aliphatic carbocycles. The molecule has 1 N–H and O–H groups in total. The van der Waals surface area contributed by atoms with Crippen molar-refractivity contribution in [2.45, 2.75) is 205 Å². The fourth-order valence-electron chi connectivity index (χ4n) is 11.8. The van der Waals surface area contributed by atoms with Gasteiger partial charge >= 0.3 is 47.5 Å². The first kappa shape index (κ1) is 99.0. The van der Waals surface area contributed by atoms with E-state index >= 15 is 0 Å². The number of hydrogen-bond donors (Lipinski definition) is 1. The number of aromatic nitrogens is 3. The summed E-state index contributed by atoms with van der Waals surface area (Å²) >= 11 is 0. The van der Waals surface area contributed by atoms with Crippen LogP contribution in [0.15, 0.2) is 158 Å². The summed E-state index contributed by atoms with van der Waals surface area (Å²) in [6.45, 7) is 15.4. The molecular formula is C92H109F3N3NaO14. The Balaban J connectivity index is 0.000000767. The second kappa shape index (κ2) is 46.2. The Bertz CT molecular complexity index is 4850. The summed E-state index contributed by atoms with van der Waals surface area (Å²) < 4.78 is 55.3. The van der Waals surface area contributed by atoms with Crippen LogP contribution in [0.2, 0.25) is 0 Å². The van der Waals surface area contributed by atoms with Crippen LogP contribution in [0.3, 0.4) is 0 Å². The summed E-state index contributed by atoms with van der Waals surface area (Å²) in [5.41, 5.74) is 11.3. The molecular weight excluding hydrogens is 1450 g/mol. The minimum Gasteiger partial charge on any atom is -1.00 e. The zero-order chi connectivity index (χ0) is 77.7. The molecule has 0 atom stereocenters. The predicted molar refractivity (Wildman–Crippen MR) is 440 cm³/mol. The molecule has 113 heavy (non-hydrogen) atoms. The number of halogens is 3. The number of para-hydroxylation sites is 3. The number of Topliss-reactive ketones (excluding diaryl/α,β-unsaturated/α-hetero) is 4. The van der Waals surface area contributed by atoms with Crippen LogP contribution in [0.4, 0.5) is 13.2 Å². The van der Waals surface area contributed by atoms with E-state index in [1.165, 1.54) is 55.5 Å². The third-order valence-corrected chi connectivity index (χ3v) is 16.5. The number of hydrogen-bond acceptors (Lipinski definition) is 17. The van der Waals surface area contributed by atoms with E-state index in [-0.39, 0.29) is 130 Å². The SMILES string of the molecule is C.C.C.C.C.CC(=O)CC(=O)CC(=O)OC(C)(C)C.CC(C)(C)OC(=O)CC(=O)CC(=O)/C=C/c1c(C2CC2)nc2ccccc2c1-c1ccc(F)cc1.CCO.CCOC(=O)CC(=O)CC(=O)/C=C/c1c(C2CC2)nc2ccccc2c1-c1ccc(F)cc1.O=Cc1c(C2CC2)nc2ccccc2c1-c1ccc(F)cc1.[H-].[Na+]. The van der Waals surface area contributed by atoms with Crippen molar-refractivity contribution in [2.75, 3.05) is 13.2 Å². The van der Waals surface area contributed by atoms with Gasteiger partial charge in [-0.3, -0.25) is 62.9 Å². The summed E-state index contributed by atoms with van der Waals surface area (Å²) in [5, 5.41) is 10.3. The molecule has 12 rings (SSSR count). The van der Waals surface area contributed by atoms with Crippen molar-refractivity contribution in [2.24, 2.45) is 0 Å². The molecule has 9 aromatic rings. The zero-order valence-corrected chi connectivity index (χ0v) is 64.6. The van der Waals surface area contributed by atoms with Crippen molar-refractivity contribution in [3.05, 3.63) is 209 Å². The molecule has 0 radical (unpaired) electrons. The molecule has 0 spiro atoms. The smallest absolute Gasteiger partial charge is 1.00 e. The van der Waals surface area contributed by atoms with Gasteiger partial charge < -0.3 is 20.7 Å². The minimum absolute atomic E-state index is 0. The largest absolute Gasteiger partial charge is 1.00 e. The Morgan fingerprint density at radius 3 is 0.982 bits per heavy atom. The van der Waals surface area contributed by atoms with Gasteiger partial charge in [0.2, 0.25) is 0 Å². The summed E-state index contributed by atoms with van der Waals surface area (Å²) in [6, 6.07) is 42.1. The van der Waals surface area contributed by atoms with Crippen LogP contribution in [0, 0.1) is 17.5 Å². The number of fused-ring (bicyclic) bond motifs is 3. The maximum absolute atomic E-state index is 13.7. The summed E-state index contributed by atoms with van der Waals surface area (Å²) in [6.07, 6.45) is 11.1. The van der Waals surface area contributed by atoms with Crippen molar-refractivity contribution in [1.82, 2.24) is 15.0 Å². The average molecular weight is 1560 g/mol. The Hall–Kier alpha value is -10.1. The van der Waals surface area contributed by atoms with Crippen molar-refractivity contribution >= 4 is 104 Å². The summed E-state index contributed by atoms with van der Waals surface area (Å²) in [7, 11) is 0. The number of allylic oxidation sites excluding steroid dienone is 2. The zero-order valence-electron chi connectivity index (χ0n) is 63.6. The molecule has 0 unspecified atom stereocenters. The number of pyridine rings is 3. The standard InChI is InChI=1S/C29H28FNO4.C27H24FNO4.C19H14FNO.C10H16O4.C2H6O.5CH4.Na.H/c1-29(2,3)35-26(34)17-22(33)16-21(32)14-15-24-27(18-10-12-20(30)13-11-18)23-6-4-5-7-25(23)31-28(24)19-8-9-19;1-2-33-25(32)16-21(31)15-20(30)13-14-23-26(17-9-11-19(28)12-10-17)22-5-3-4-6-24(22)29-27(23)18-7-8-18;20-14-9-7-12(8-10-14)18-15-3-1-2-4-17(15)21-19(13-5-6-13)16(18)11-22;1-7(11)5-8(12)6-9(13)14-10(2,3)4;1-2-3;;;;;;;/h4-7,10-15,19H,8-9,16-17H2,1-3H3;3-6,9-14,18H,2,7-8,15-16H2,1H3;1-4,7-11,13H,5-6H2;5-6H2,1-4H3;3H,2H2,1H3;5*1H4;;/q;;;;;;;;;;+1;-1/b15-14+;14-13+;;;;;;;;;;. The Kier molecular flexibility index (Phi) is 40.4. The molecule has 598 valence electrons. The van der Waals surface area contributed by atoms with E-state index in [0.717, 1.165) is 139 Å². The van der Waals surface area contributed by atoms with Crippen LogP contribution >= 0.6 is 0 Å². The number of aldehydes is 1. The molecule has 0 bridgehead atoms. The Labute approximate surface area is 686 Å². The van der Waals surface area contributed by atoms with Gasteiger partial charge in [-0.05, 0) is 196 Å². The molecule has 0 saturated heterocycles. The van der Waals surface area contributed by atoms with E-state index in [9.17, 15) is 61.1 Å². The molecule has 0 amide bonds. The number of carbonyl (C=O) groups excluding carboxylic acids is 10. The van der Waals surface area contributed by atoms with Crippen LogP contribution in [0.5, 0.6) is 0 Å². The third-order valence-electron chi connectivity index (χ3n) is 16.5. The van der Waals surface area contributed by atoms with Gasteiger partial charge in [-0.2, -0.15) is 0 Å².